The lowest BCUT2D eigenvalue weighted by Crippen LogP contribution is -2.22. The first kappa shape index (κ1) is 30.6. The maximum absolute atomic E-state index is 15.5. The van der Waals surface area contributed by atoms with Crippen LogP contribution in [0, 0.1) is 11.6 Å². The number of aromatic nitrogens is 4. The number of hydrogen-bond acceptors (Lipinski definition) is 5. The van der Waals surface area contributed by atoms with Crippen molar-refractivity contribution < 1.29 is 18.7 Å². The first-order valence-corrected chi connectivity index (χ1v) is 15.7. The van der Waals surface area contributed by atoms with Crippen LogP contribution in [-0.4, -0.2) is 30.3 Å². The Labute approximate surface area is 271 Å². The fraction of sp³-hybridized carbons (Fsp3) is 0.235. The third-order valence-corrected chi connectivity index (χ3v) is 9.76. The highest BCUT2D eigenvalue weighted by molar-refractivity contribution is 14.1. The minimum Gasteiger partial charge on any atom is -0.494 e. The number of nitrogens with two attached hydrogens (primary N) is 1. The average Bonchev–Trinajstić information content (AvgIpc) is 3.57. The maximum atomic E-state index is 15.5. The van der Waals surface area contributed by atoms with Gasteiger partial charge in [-0.05, 0) is 72.2 Å². The molecule has 1 fully saturated rings. The van der Waals surface area contributed by atoms with Crippen LogP contribution in [0.1, 0.15) is 59.3 Å². The van der Waals surface area contributed by atoms with Gasteiger partial charge in [-0.1, -0.05) is 72.8 Å². The Morgan fingerprint density at radius 2 is 1.71 bits per heavy atom. The van der Waals surface area contributed by atoms with Gasteiger partial charge in [0.15, 0.2) is 5.82 Å². The van der Waals surface area contributed by atoms with E-state index < -0.39 is 23.1 Å². The van der Waals surface area contributed by atoms with E-state index in [1.807, 2.05) is 42.9 Å². The van der Waals surface area contributed by atoms with Gasteiger partial charge in [-0.25, -0.2) is 8.78 Å². The third-order valence-electron chi connectivity index (χ3n) is 8.19. The maximum Gasteiger partial charge on any atom is 0.280 e. The van der Waals surface area contributed by atoms with E-state index in [0.29, 0.717) is 24.1 Å². The van der Waals surface area contributed by atoms with E-state index in [1.165, 1.54) is 18.2 Å². The van der Waals surface area contributed by atoms with Crippen LogP contribution in [0.25, 0.3) is 28.3 Å². The van der Waals surface area contributed by atoms with Crippen molar-refractivity contribution >= 4 is 28.5 Å². The molecular formula is C34H30F2IN5O3. The van der Waals surface area contributed by atoms with Crippen molar-refractivity contribution in [3.8, 4) is 34.2 Å². The average molecular weight is 722 g/mol. The molecule has 230 valence electrons. The van der Waals surface area contributed by atoms with Crippen LogP contribution in [0.15, 0.2) is 71.7 Å². The molecule has 0 atom stereocenters. The zero-order valence-corrected chi connectivity index (χ0v) is 26.8. The molecule has 0 radical (unpaired) electrons. The Morgan fingerprint density at radius 3 is 2.33 bits per heavy atom. The fourth-order valence-electron chi connectivity index (χ4n) is 5.63. The number of halogens is 3. The molecule has 6 rings (SSSR count). The normalized spacial score (nSPS) is 13.6. The summed E-state index contributed by atoms with van der Waals surface area (Å²) in [5.74, 6) is -2.35. The van der Waals surface area contributed by atoms with Crippen molar-refractivity contribution in [3.05, 3.63) is 117 Å². The number of primary amides is 1. The highest BCUT2D eigenvalue weighted by Crippen LogP contribution is 2.49. The van der Waals surface area contributed by atoms with E-state index in [-0.39, 0.29) is 43.9 Å². The van der Waals surface area contributed by atoms with Crippen molar-refractivity contribution in [2.45, 2.75) is 49.5 Å². The van der Waals surface area contributed by atoms with Crippen LogP contribution in [0.3, 0.4) is 0 Å². The molecule has 0 spiro atoms. The van der Waals surface area contributed by atoms with E-state index >= 15 is 4.39 Å². The lowest BCUT2D eigenvalue weighted by atomic mass is 9.96. The monoisotopic (exact) mass is 721 g/mol. The van der Waals surface area contributed by atoms with Crippen LogP contribution < -0.4 is 11.3 Å². The minimum absolute atomic E-state index is 0.00884. The molecule has 1 saturated carbocycles. The number of carbonyl (C=O) groups is 1. The van der Waals surface area contributed by atoms with E-state index in [1.54, 1.807) is 16.7 Å². The SMILES string of the molecule is CCc1cccc(CC)c1-n1c(-c2ccn(C3(I)CC3)n2)nc(=O)c(Cc2ccc(-c3ccc(F)cc3C(N)=O)c(F)c2)c1O. The molecule has 45 heavy (non-hydrogen) atoms. The van der Waals surface area contributed by atoms with E-state index in [9.17, 15) is 19.1 Å². The molecule has 3 N–H and O–H groups in total. The Morgan fingerprint density at radius 1 is 1.02 bits per heavy atom. The number of amides is 1. The standard InChI is InChI=1S/C34H30F2IN5O3/c1-3-20-6-5-7-21(4-2)29(20)42-31(28-12-15-41(40-28)34(37)13-14-34)39-32(44)26(33(42)45)16-19-8-10-24(27(36)17-19)23-11-9-22(35)18-25(23)30(38)43/h5-12,15,17-18,45H,3-4,13-14,16H2,1-2H3,(H2,38,43). The molecule has 5 aromatic rings. The smallest absolute Gasteiger partial charge is 0.280 e. The molecule has 8 nitrogen and oxygen atoms in total. The summed E-state index contributed by atoms with van der Waals surface area (Å²) in [6, 6.07) is 15.3. The molecule has 0 saturated heterocycles. The highest BCUT2D eigenvalue weighted by Gasteiger charge is 2.42. The lowest BCUT2D eigenvalue weighted by molar-refractivity contribution is 0.100. The lowest BCUT2D eigenvalue weighted by Gasteiger charge is -2.21. The second kappa shape index (κ2) is 11.8. The quantitative estimate of drug-likeness (QED) is 0.134. The van der Waals surface area contributed by atoms with Crippen molar-refractivity contribution in [2.24, 2.45) is 5.73 Å². The van der Waals surface area contributed by atoms with Gasteiger partial charge in [0, 0.05) is 23.7 Å². The number of rotatable bonds is 9. The fourth-order valence-corrected chi connectivity index (χ4v) is 6.17. The molecule has 2 heterocycles. The van der Waals surface area contributed by atoms with Crippen molar-refractivity contribution in [1.29, 1.82) is 0 Å². The number of aryl methyl sites for hydroxylation is 2. The first-order valence-electron chi connectivity index (χ1n) is 14.6. The van der Waals surface area contributed by atoms with Crippen LogP contribution in [0.2, 0.25) is 0 Å². The number of carbonyl (C=O) groups excluding carboxylic acids is 1. The summed E-state index contributed by atoms with van der Waals surface area (Å²) in [4.78, 5) is 29.9. The number of para-hydroxylation sites is 1. The van der Waals surface area contributed by atoms with Crippen molar-refractivity contribution in [2.75, 3.05) is 0 Å². The predicted molar refractivity (Wildman–Crippen MR) is 176 cm³/mol. The molecule has 0 aliphatic heterocycles. The molecule has 2 aromatic heterocycles. The third kappa shape index (κ3) is 5.65. The Bertz CT molecular complexity index is 2010. The summed E-state index contributed by atoms with van der Waals surface area (Å²) in [6.45, 7) is 4.03. The minimum atomic E-state index is -0.890. The number of aromatic hydroxyl groups is 1. The molecule has 11 heteroatoms. The van der Waals surface area contributed by atoms with Crippen LogP contribution in [0.4, 0.5) is 8.78 Å². The largest absolute Gasteiger partial charge is 0.494 e. The summed E-state index contributed by atoms with van der Waals surface area (Å²) < 4.78 is 32.6. The van der Waals surface area contributed by atoms with E-state index in [0.717, 1.165) is 41.8 Å². The number of nitrogens with zero attached hydrogens (tertiary/aromatic N) is 4. The van der Waals surface area contributed by atoms with Gasteiger partial charge in [0.25, 0.3) is 5.56 Å². The number of benzene rings is 3. The Balaban J connectivity index is 1.49. The molecule has 3 aromatic carbocycles. The zero-order valence-electron chi connectivity index (χ0n) is 24.7. The second-order valence-corrected chi connectivity index (χ2v) is 13.1. The molecule has 0 bridgehead atoms. The van der Waals surface area contributed by atoms with E-state index in [2.05, 4.69) is 27.6 Å². The van der Waals surface area contributed by atoms with Crippen molar-refractivity contribution in [3.63, 3.8) is 0 Å². The van der Waals surface area contributed by atoms with E-state index in [4.69, 9.17) is 10.8 Å². The van der Waals surface area contributed by atoms with Crippen LogP contribution in [0.5, 0.6) is 5.88 Å². The summed E-state index contributed by atoms with van der Waals surface area (Å²) in [7, 11) is 0. The van der Waals surface area contributed by atoms with Crippen molar-refractivity contribution in [1.82, 2.24) is 19.3 Å². The van der Waals surface area contributed by atoms with Gasteiger partial charge in [-0.3, -0.25) is 18.8 Å². The van der Waals surface area contributed by atoms with Gasteiger partial charge >= 0.3 is 0 Å². The second-order valence-electron chi connectivity index (χ2n) is 11.1. The zero-order chi connectivity index (χ0) is 32.0. The van der Waals surface area contributed by atoms with Gasteiger partial charge < -0.3 is 10.8 Å². The molecular weight excluding hydrogens is 691 g/mol. The summed E-state index contributed by atoms with van der Waals surface area (Å²) in [5, 5.41) is 16.6. The Hall–Kier alpha value is -4.39. The summed E-state index contributed by atoms with van der Waals surface area (Å²) >= 11 is 2.37. The number of hydrogen-bond donors (Lipinski definition) is 2. The topological polar surface area (TPSA) is 116 Å². The Kier molecular flexibility index (Phi) is 8.06. The highest BCUT2D eigenvalue weighted by atomic mass is 127. The van der Waals surface area contributed by atoms with Gasteiger partial charge in [-0.15, -0.1) is 0 Å². The van der Waals surface area contributed by atoms with Gasteiger partial charge in [-0.2, -0.15) is 10.1 Å². The summed E-state index contributed by atoms with van der Waals surface area (Å²) in [6.07, 6.45) is 5.03. The van der Waals surface area contributed by atoms with Crippen LogP contribution >= 0.6 is 22.6 Å². The van der Waals surface area contributed by atoms with Gasteiger partial charge in [0.1, 0.15) is 20.9 Å². The molecule has 1 aliphatic rings. The summed E-state index contributed by atoms with van der Waals surface area (Å²) in [5.41, 5.74) is 8.26. The molecule has 1 aliphatic carbocycles. The number of alkyl halides is 1. The predicted octanol–water partition coefficient (Wildman–Crippen LogP) is 6.44. The first-order chi connectivity index (χ1) is 21.5. The van der Waals surface area contributed by atoms with Gasteiger partial charge in [0.05, 0.1) is 11.3 Å². The molecule has 0 unspecified atom stereocenters. The molecule has 1 amide bonds. The van der Waals surface area contributed by atoms with Crippen LogP contribution in [-0.2, 0) is 22.8 Å². The van der Waals surface area contributed by atoms with Gasteiger partial charge in [0.2, 0.25) is 11.8 Å².